The van der Waals surface area contributed by atoms with Crippen molar-refractivity contribution in [3.63, 3.8) is 0 Å². The molecule has 1 aromatic heterocycles. The number of rotatable bonds is 7. The SMILES string of the molecule is CC1(N2C[C@H](CNC(=O)C(F)F)OC2=O)C=C(F)C(Nc2cc(-c3ccccn3)cccc2=O)=CC1. The molecule has 2 aliphatic rings. The predicted octanol–water partition coefficient (Wildman–Crippen LogP) is 3.62. The lowest BCUT2D eigenvalue weighted by molar-refractivity contribution is -0.132. The standard InChI is InChI=1S/C25H23F3N4O4/c1-25(32-14-16(36-24(32)35)13-30-23(34)22(27)28)9-8-19(17(26)12-25)31-20-11-15(5-4-7-21(20)33)18-6-2-3-10-29-18/h2-8,10-12,16,22H,9,13-14H2,1H3,(H,30,34)(H,31,33)/t16-,25?/m0/s1. The Hall–Kier alpha value is -4.15. The molecule has 2 amide bonds. The highest BCUT2D eigenvalue weighted by molar-refractivity contribution is 5.79. The van der Waals surface area contributed by atoms with Gasteiger partial charge in [-0.05, 0) is 43.7 Å². The Kier molecular flexibility index (Phi) is 7.09. The van der Waals surface area contributed by atoms with Crippen molar-refractivity contribution in [1.82, 2.24) is 15.2 Å². The van der Waals surface area contributed by atoms with Gasteiger partial charge in [-0.25, -0.2) is 9.18 Å². The molecular formula is C25H23F3N4O4. The van der Waals surface area contributed by atoms with Crippen LogP contribution in [0.1, 0.15) is 13.3 Å². The Balaban J connectivity index is 1.49. The van der Waals surface area contributed by atoms with Crippen LogP contribution in [0.5, 0.6) is 0 Å². The quantitative estimate of drug-likeness (QED) is 0.603. The molecule has 11 heteroatoms. The second-order valence-corrected chi connectivity index (χ2v) is 8.58. The van der Waals surface area contributed by atoms with Crippen molar-refractivity contribution in [2.24, 2.45) is 0 Å². The number of aromatic nitrogens is 1. The highest BCUT2D eigenvalue weighted by Crippen LogP contribution is 2.35. The Labute approximate surface area is 204 Å². The van der Waals surface area contributed by atoms with E-state index in [0.717, 1.165) is 0 Å². The van der Waals surface area contributed by atoms with Gasteiger partial charge >= 0.3 is 12.5 Å². The average Bonchev–Trinajstić information content (AvgIpc) is 3.14. The molecule has 0 bridgehead atoms. The third-order valence-electron chi connectivity index (χ3n) is 5.93. The number of nitrogens with one attached hydrogen (secondary N) is 2. The van der Waals surface area contributed by atoms with Crippen molar-refractivity contribution in [3.8, 4) is 11.3 Å². The van der Waals surface area contributed by atoms with Gasteiger partial charge in [-0.15, -0.1) is 0 Å². The number of allylic oxidation sites excluding steroid dienone is 1. The van der Waals surface area contributed by atoms with Gasteiger partial charge in [0.1, 0.15) is 11.9 Å². The van der Waals surface area contributed by atoms with Crippen LogP contribution in [0, 0.1) is 0 Å². The first-order valence-electron chi connectivity index (χ1n) is 11.1. The molecule has 2 N–H and O–H groups in total. The number of anilines is 1. The number of carbonyl (C=O) groups excluding carboxylic acids is 2. The maximum Gasteiger partial charge on any atom is 0.411 e. The lowest BCUT2D eigenvalue weighted by atomic mass is 9.90. The van der Waals surface area contributed by atoms with E-state index >= 15 is 4.39 Å². The lowest BCUT2D eigenvalue weighted by Gasteiger charge is -2.36. The minimum absolute atomic E-state index is 0.0219. The summed E-state index contributed by atoms with van der Waals surface area (Å²) in [7, 11) is 0. The number of alkyl halides is 2. The number of pyridine rings is 1. The monoisotopic (exact) mass is 500 g/mol. The van der Waals surface area contributed by atoms with Gasteiger partial charge in [-0.3, -0.25) is 19.5 Å². The van der Waals surface area contributed by atoms with E-state index in [4.69, 9.17) is 4.74 Å². The second-order valence-electron chi connectivity index (χ2n) is 8.58. The van der Waals surface area contributed by atoms with Crippen LogP contribution in [0.3, 0.4) is 0 Å². The number of hydrogen-bond acceptors (Lipinski definition) is 6. The number of hydrogen-bond donors (Lipinski definition) is 2. The molecule has 0 radical (unpaired) electrons. The highest BCUT2D eigenvalue weighted by atomic mass is 19.3. The van der Waals surface area contributed by atoms with Crippen LogP contribution < -0.4 is 16.1 Å². The van der Waals surface area contributed by atoms with Gasteiger partial charge in [-0.1, -0.05) is 24.3 Å². The molecule has 188 valence electrons. The summed E-state index contributed by atoms with van der Waals surface area (Å²) in [5.41, 5.74) is 0.0654. The minimum atomic E-state index is -3.18. The topological polar surface area (TPSA) is 101 Å². The fourth-order valence-corrected chi connectivity index (χ4v) is 3.99. The van der Waals surface area contributed by atoms with Crippen LogP contribution in [0.25, 0.3) is 11.3 Å². The van der Waals surface area contributed by atoms with Gasteiger partial charge in [0.25, 0.3) is 5.91 Å². The molecule has 8 nitrogen and oxygen atoms in total. The molecule has 2 atom stereocenters. The smallest absolute Gasteiger partial charge is 0.411 e. The molecule has 4 rings (SSSR count). The zero-order valence-electron chi connectivity index (χ0n) is 19.2. The van der Waals surface area contributed by atoms with E-state index in [2.05, 4.69) is 10.3 Å². The van der Waals surface area contributed by atoms with Crippen molar-refractivity contribution < 1.29 is 27.5 Å². The number of nitrogens with zero attached hydrogens (tertiary/aromatic N) is 2. The van der Waals surface area contributed by atoms with E-state index in [1.807, 2.05) is 11.4 Å². The van der Waals surface area contributed by atoms with E-state index in [1.54, 1.807) is 43.5 Å². The predicted molar refractivity (Wildman–Crippen MR) is 126 cm³/mol. The summed E-state index contributed by atoms with van der Waals surface area (Å²) < 4.78 is 45.1. The first-order valence-corrected chi connectivity index (χ1v) is 11.1. The minimum Gasteiger partial charge on any atom is -0.442 e. The molecule has 0 spiro atoms. The van der Waals surface area contributed by atoms with E-state index in [0.29, 0.717) is 11.3 Å². The van der Waals surface area contributed by atoms with Gasteiger partial charge < -0.3 is 15.4 Å². The van der Waals surface area contributed by atoms with Crippen LogP contribution >= 0.6 is 0 Å². The second kappa shape index (κ2) is 10.2. The number of ether oxygens (including phenoxy) is 1. The summed E-state index contributed by atoms with van der Waals surface area (Å²) in [5, 5.41) is 4.85. The Bertz CT molecular complexity index is 1290. The van der Waals surface area contributed by atoms with Crippen molar-refractivity contribution in [1.29, 1.82) is 0 Å². The molecule has 36 heavy (non-hydrogen) atoms. The zero-order valence-corrected chi connectivity index (χ0v) is 19.2. The lowest BCUT2D eigenvalue weighted by Crippen LogP contribution is -2.47. The summed E-state index contributed by atoms with van der Waals surface area (Å²) in [5.74, 6) is -2.15. The average molecular weight is 500 g/mol. The number of halogens is 3. The molecule has 1 aliphatic heterocycles. The summed E-state index contributed by atoms with van der Waals surface area (Å²) in [6.45, 7) is 1.32. The molecule has 1 unspecified atom stereocenters. The van der Waals surface area contributed by atoms with Gasteiger partial charge in [0.2, 0.25) is 5.43 Å². The maximum atomic E-state index is 15.2. The van der Waals surface area contributed by atoms with Crippen LogP contribution in [-0.2, 0) is 9.53 Å². The van der Waals surface area contributed by atoms with Crippen molar-refractivity contribution >= 4 is 17.7 Å². The first-order chi connectivity index (χ1) is 17.2. The van der Waals surface area contributed by atoms with Gasteiger partial charge in [0.05, 0.1) is 35.7 Å². The van der Waals surface area contributed by atoms with Gasteiger partial charge in [0.15, 0.2) is 0 Å². The Morgan fingerprint density at radius 1 is 1.25 bits per heavy atom. The number of amides is 2. The van der Waals surface area contributed by atoms with Gasteiger partial charge in [-0.2, -0.15) is 8.78 Å². The van der Waals surface area contributed by atoms with Crippen molar-refractivity contribution in [3.05, 3.63) is 82.6 Å². The van der Waals surface area contributed by atoms with E-state index in [-0.39, 0.29) is 36.3 Å². The Morgan fingerprint density at radius 2 is 2.06 bits per heavy atom. The molecule has 0 saturated carbocycles. The number of cyclic esters (lactones) is 1. The van der Waals surface area contributed by atoms with Gasteiger partial charge in [0, 0.05) is 11.8 Å². The summed E-state index contributed by atoms with van der Waals surface area (Å²) in [4.78, 5) is 41.6. The summed E-state index contributed by atoms with van der Waals surface area (Å²) in [6, 6.07) is 11.6. The van der Waals surface area contributed by atoms with Crippen molar-refractivity contribution in [2.75, 3.05) is 18.4 Å². The maximum absolute atomic E-state index is 15.2. The molecule has 1 fully saturated rings. The molecule has 1 aromatic carbocycles. The zero-order chi connectivity index (χ0) is 25.9. The van der Waals surface area contributed by atoms with E-state index in [1.165, 1.54) is 23.1 Å². The Morgan fingerprint density at radius 3 is 2.75 bits per heavy atom. The molecule has 2 heterocycles. The molecule has 1 saturated heterocycles. The first kappa shape index (κ1) is 25.0. The van der Waals surface area contributed by atoms with Crippen LogP contribution in [-0.4, -0.2) is 53.0 Å². The van der Waals surface area contributed by atoms with Crippen LogP contribution in [0.2, 0.25) is 0 Å². The van der Waals surface area contributed by atoms with E-state index < -0.39 is 35.9 Å². The fraction of sp³-hybridized carbons (Fsp3) is 0.280. The largest absolute Gasteiger partial charge is 0.442 e. The van der Waals surface area contributed by atoms with Crippen LogP contribution in [0.15, 0.2) is 77.1 Å². The fourth-order valence-electron chi connectivity index (χ4n) is 3.99. The molecular weight excluding hydrogens is 477 g/mol. The molecule has 2 aromatic rings. The van der Waals surface area contributed by atoms with Crippen molar-refractivity contribution in [2.45, 2.75) is 31.4 Å². The summed E-state index contributed by atoms with van der Waals surface area (Å²) in [6.07, 6.45) is -0.196. The van der Waals surface area contributed by atoms with E-state index in [9.17, 15) is 23.2 Å². The highest BCUT2D eigenvalue weighted by Gasteiger charge is 2.43. The third-order valence-corrected chi connectivity index (χ3v) is 5.93. The van der Waals surface area contributed by atoms with Crippen LogP contribution in [0.4, 0.5) is 23.7 Å². The summed E-state index contributed by atoms with van der Waals surface area (Å²) >= 11 is 0. The normalized spacial score (nSPS) is 21.5. The molecule has 1 aliphatic carbocycles. The number of carbonyl (C=O) groups is 2. The third kappa shape index (κ3) is 5.40.